The van der Waals surface area contributed by atoms with Gasteiger partial charge in [0.25, 0.3) is 5.91 Å². The Balaban J connectivity index is 1.90. The van der Waals surface area contributed by atoms with Crippen LogP contribution in [0, 0.1) is 0 Å². The summed E-state index contributed by atoms with van der Waals surface area (Å²) in [4.78, 5) is 20.2. The summed E-state index contributed by atoms with van der Waals surface area (Å²) in [6.07, 6.45) is 2.59. The zero-order chi connectivity index (χ0) is 15.8. The van der Waals surface area contributed by atoms with E-state index in [-0.39, 0.29) is 5.91 Å². The molecule has 2 aliphatic rings. The number of benzene rings is 3. The zero-order valence-electron chi connectivity index (χ0n) is 12.8. The maximum absolute atomic E-state index is 12.5. The van der Waals surface area contributed by atoms with Crippen molar-refractivity contribution >= 4 is 33.9 Å². The third-order valence-electron chi connectivity index (χ3n) is 5.28. The Morgan fingerprint density at radius 3 is 2.75 bits per heavy atom. The van der Waals surface area contributed by atoms with Crippen molar-refractivity contribution in [1.82, 2.24) is 4.98 Å². The molecule has 2 heterocycles. The van der Waals surface area contributed by atoms with Gasteiger partial charge in [-0.05, 0) is 22.8 Å². The fourth-order valence-electron chi connectivity index (χ4n) is 4.31. The van der Waals surface area contributed by atoms with Crippen molar-refractivity contribution in [2.45, 2.75) is 6.42 Å². The minimum absolute atomic E-state index is 0.120. The van der Waals surface area contributed by atoms with Gasteiger partial charge in [0.2, 0.25) is 0 Å². The van der Waals surface area contributed by atoms with Crippen molar-refractivity contribution in [3.63, 3.8) is 0 Å². The first-order valence-electron chi connectivity index (χ1n) is 8.09. The molecule has 3 nitrogen and oxygen atoms in total. The lowest BCUT2D eigenvalue weighted by Gasteiger charge is -2.09. The number of hydrogen-bond donors (Lipinski definition) is 1. The van der Waals surface area contributed by atoms with E-state index in [0.717, 1.165) is 44.9 Å². The molecule has 0 spiro atoms. The number of rotatable bonds is 0. The van der Waals surface area contributed by atoms with Crippen LogP contribution in [0.2, 0.25) is 0 Å². The SMILES string of the molecule is O=C1N=Cc2c1c1c(c3[nH]c4ccccc4c23)Cc2ccccc2-1. The first-order valence-corrected chi connectivity index (χ1v) is 8.09. The van der Waals surface area contributed by atoms with Crippen molar-refractivity contribution < 1.29 is 4.79 Å². The molecule has 1 N–H and O–H groups in total. The van der Waals surface area contributed by atoms with Gasteiger partial charge in [0.15, 0.2) is 0 Å². The molecule has 1 aliphatic heterocycles. The van der Waals surface area contributed by atoms with E-state index in [0.29, 0.717) is 0 Å². The van der Waals surface area contributed by atoms with Gasteiger partial charge in [-0.1, -0.05) is 42.5 Å². The third kappa shape index (κ3) is 1.30. The van der Waals surface area contributed by atoms with Crippen molar-refractivity contribution in [3.05, 3.63) is 70.8 Å². The average molecular weight is 308 g/mol. The quantitative estimate of drug-likeness (QED) is 0.451. The van der Waals surface area contributed by atoms with Crippen LogP contribution in [0.1, 0.15) is 27.0 Å². The highest BCUT2D eigenvalue weighted by molar-refractivity contribution is 6.28. The molecule has 1 aliphatic carbocycles. The van der Waals surface area contributed by atoms with Crippen LogP contribution in [-0.2, 0) is 6.42 Å². The molecule has 0 radical (unpaired) electrons. The molecule has 6 rings (SSSR count). The Hall–Kier alpha value is -3.20. The molecule has 0 saturated heterocycles. The number of amides is 1. The summed E-state index contributed by atoms with van der Waals surface area (Å²) in [6.45, 7) is 0. The highest BCUT2D eigenvalue weighted by Gasteiger charge is 2.32. The van der Waals surface area contributed by atoms with Gasteiger partial charge < -0.3 is 4.98 Å². The number of nitrogens with one attached hydrogen (secondary N) is 1. The summed E-state index contributed by atoms with van der Waals surface area (Å²) in [5.41, 5.74) is 8.72. The van der Waals surface area contributed by atoms with E-state index in [1.54, 1.807) is 6.21 Å². The molecular weight excluding hydrogens is 296 g/mol. The fourth-order valence-corrected chi connectivity index (χ4v) is 4.31. The van der Waals surface area contributed by atoms with Crippen LogP contribution in [-0.4, -0.2) is 17.1 Å². The molecule has 0 saturated carbocycles. The van der Waals surface area contributed by atoms with E-state index >= 15 is 0 Å². The van der Waals surface area contributed by atoms with Gasteiger partial charge in [0.05, 0.1) is 11.1 Å². The van der Waals surface area contributed by atoms with Crippen LogP contribution in [0.25, 0.3) is 32.9 Å². The monoisotopic (exact) mass is 308 g/mol. The normalized spacial score (nSPS) is 14.4. The van der Waals surface area contributed by atoms with Crippen molar-refractivity contribution in [2.75, 3.05) is 0 Å². The van der Waals surface area contributed by atoms with Gasteiger partial charge in [0.1, 0.15) is 0 Å². The Labute approximate surface area is 137 Å². The topological polar surface area (TPSA) is 45.2 Å². The number of nitrogens with zero attached hydrogens (tertiary/aromatic N) is 1. The third-order valence-corrected chi connectivity index (χ3v) is 5.28. The molecule has 24 heavy (non-hydrogen) atoms. The summed E-state index contributed by atoms with van der Waals surface area (Å²) in [5.74, 6) is -0.120. The molecule has 112 valence electrons. The van der Waals surface area contributed by atoms with Crippen LogP contribution < -0.4 is 0 Å². The molecule has 0 atom stereocenters. The summed E-state index contributed by atoms with van der Waals surface area (Å²) in [6, 6.07) is 16.6. The van der Waals surface area contributed by atoms with Gasteiger partial charge in [-0.3, -0.25) is 4.79 Å². The first-order chi connectivity index (χ1) is 11.8. The lowest BCUT2D eigenvalue weighted by molar-refractivity contribution is 0.101. The molecule has 3 aromatic carbocycles. The van der Waals surface area contributed by atoms with Gasteiger partial charge >= 0.3 is 0 Å². The van der Waals surface area contributed by atoms with Gasteiger partial charge in [0, 0.05) is 40.1 Å². The van der Waals surface area contributed by atoms with Crippen LogP contribution in [0.3, 0.4) is 0 Å². The Morgan fingerprint density at radius 1 is 0.958 bits per heavy atom. The number of aliphatic imine (C=N–C) groups is 1. The molecular formula is C21H12N2O. The smallest absolute Gasteiger partial charge is 0.278 e. The Morgan fingerprint density at radius 2 is 1.79 bits per heavy atom. The standard InChI is InChI=1S/C21H12N2O/c24-21-19-15(10-22-21)18-13-7-3-4-8-16(13)23-20(18)14-9-11-5-1-2-6-12(11)17(14)19/h1-8,10,23H,9H2. The maximum Gasteiger partial charge on any atom is 0.278 e. The molecule has 4 aromatic rings. The summed E-state index contributed by atoms with van der Waals surface area (Å²) in [5, 5.41) is 2.28. The minimum atomic E-state index is -0.120. The van der Waals surface area contributed by atoms with Crippen molar-refractivity contribution in [3.8, 4) is 11.1 Å². The van der Waals surface area contributed by atoms with Crippen LogP contribution in [0.15, 0.2) is 53.5 Å². The second-order valence-electron chi connectivity index (χ2n) is 6.46. The van der Waals surface area contributed by atoms with Gasteiger partial charge in [-0.25, -0.2) is 4.99 Å². The number of aromatic amines is 1. The number of aromatic nitrogens is 1. The lowest BCUT2D eigenvalue weighted by atomic mass is 9.92. The number of para-hydroxylation sites is 1. The predicted octanol–water partition coefficient (Wildman–Crippen LogP) is 4.47. The highest BCUT2D eigenvalue weighted by Crippen LogP contribution is 2.47. The molecule has 1 amide bonds. The predicted molar refractivity (Wildman–Crippen MR) is 96.0 cm³/mol. The van der Waals surface area contributed by atoms with E-state index in [1.807, 2.05) is 18.2 Å². The largest absolute Gasteiger partial charge is 0.354 e. The summed E-state index contributed by atoms with van der Waals surface area (Å²) in [7, 11) is 0. The summed E-state index contributed by atoms with van der Waals surface area (Å²) >= 11 is 0. The van der Waals surface area contributed by atoms with Crippen LogP contribution in [0.4, 0.5) is 0 Å². The molecule has 1 aromatic heterocycles. The van der Waals surface area contributed by atoms with E-state index in [9.17, 15) is 4.79 Å². The minimum Gasteiger partial charge on any atom is -0.354 e. The Kier molecular flexibility index (Phi) is 2.04. The highest BCUT2D eigenvalue weighted by atomic mass is 16.1. The van der Waals surface area contributed by atoms with Crippen molar-refractivity contribution in [1.29, 1.82) is 0 Å². The van der Waals surface area contributed by atoms with E-state index in [2.05, 4.69) is 40.3 Å². The average Bonchev–Trinajstić information content (AvgIpc) is 3.27. The van der Waals surface area contributed by atoms with E-state index in [4.69, 9.17) is 0 Å². The van der Waals surface area contributed by atoms with Crippen LogP contribution in [0.5, 0.6) is 0 Å². The second kappa shape index (κ2) is 4.01. The lowest BCUT2D eigenvalue weighted by Crippen LogP contribution is -1.99. The molecule has 0 fully saturated rings. The molecule has 0 unspecified atom stereocenters. The number of carbonyl (C=O) groups excluding carboxylic acids is 1. The van der Waals surface area contributed by atoms with Gasteiger partial charge in [-0.2, -0.15) is 0 Å². The van der Waals surface area contributed by atoms with Crippen LogP contribution >= 0.6 is 0 Å². The Bertz CT molecular complexity index is 1240. The number of hydrogen-bond acceptors (Lipinski definition) is 1. The fraction of sp³-hybridized carbons (Fsp3) is 0.0476. The first kappa shape index (κ1) is 12.3. The number of carbonyl (C=O) groups is 1. The second-order valence-corrected chi connectivity index (χ2v) is 6.46. The zero-order valence-corrected chi connectivity index (χ0v) is 12.8. The van der Waals surface area contributed by atoms with E-state index in [1.165, 1.54) is 16.7 Å². The molecule has 0 bridgehead atoms. The van der Waals surface area contributed by atoms with Gasteiger partial charge in [-0.15, -0.1) is 0 Å². The summed E-state index contributed by atoms with van der Waals surface area (Å²) < 4.78 is 0. The van der Waals surface area contributed by atoms with Crippen molar-refractivity contribution in [2.24, 2.45) is 4.99 Å². The number of fused-ring (bicyclic) bond motifs is 10. The maximum atomic E-state index is 12.5. The van der Waals surface area contributed by atoms with E-state index < -0.39 is 0 Å². The number of H-pyrrole nitrogens is 1. The molecule has 3 heteroatoms.